The summed E-state index contributed by atoms with van der Waals surface area (Å²) in [7, 11) is 0. The third-order valence-corrected chi connectivity index (χ3v) is 5.86. The first-order chi connectivity index (χ1) is 9.84. The van der Waals surface area contributed by atoms with Gasteiger partial charge in [-0.15, -0.1) is 0 Å². The van der Waals surface area contributed by atoms with Crippen LogP contribution in [0.25, 0.3) is 0 Å². The van der Waals surface area contributed by atoms with Gasteiger partial charge in [0.2, 0.25) is 0 Å². The first-order valence-corrected chi connectivity index (χ1v) is 8.91. The van der Waals surface area contributed by atoms with Crippen LogP contribution in [-0.2, 0) is 4.74 Å². The van der Waals surface area contributed by atoms with Crippen molar-refractivity contribution in [2.24, 2.45) is 23.0 Å². The van der Waals surface area contributed by atoms with E-state index < -0.39 is 0 Å². The van der Waals surface area contributed by atoms with E-state index in [1.807, 2.05) is 0 Å². The molecule has 0 radical (unpaired) electrons. The van der Waals surface area contributed by atoms with Crippen LogP contribution < -0.4 is 11.1 Å². The maximum absolute atomic E-state index is 6.05. The Kier molecular flexibility index (Phi) is 5.72. The zero-order valence-corrected chi connectivity index (χ0v) is 14.6. The van der Waals surface area contributed by atoms with Crippen molar-refractivity contribution in [3.8, 4) is 0 Å². The molecule has 3 nitrogen and oxygen atoms in total. The Morgan fingerprint density at radius 1 is 1.24 bits per heavy atom. The molecular weight excluding hydrogens is 260 g/mol. The lowest BCUT2D eigenvalue weighted by atomic mass is 9.68. The lowest BCUT2D eigenvalue weighted by Gasteiger charge is -2.40. The number of nitrogens with two attached hydrogens (primary N) is 1. The summed E-state index contributed by atoms with van der Waals surface area (Å²) < 4.78 is 5.88. The Morgan fingerprint density at radius 3 is 2.38 bits per heavy atom. The minimum atomic E-state index is 0.0377. The molecule has 0 aromatic rings. The van der Waals surface area contributed by atoms with E-state index in [2.05, 4.69) is 33.0 Å². The van der Waals surface area contributed by atoms with Crippen molar-refractivity contribution in [3.05, 3.63) is 0 Å². The fourth-order valence-electron chi connectivity index (χ4n) is 4.15. The molecule has 2 atom stereocenters. The average Bonchev–Trinajstić information content (AvgIpc) is 2.86. The first-order valence-electron chi connectivity index (χ1n) is 8.91. The molecule has 2 unspecified atom stereocenters. The van der Waals surface area contributed by atoms with Crippen LogP contribution in [0.5, 0.6) is 0 Å². The van der Waals surface area contributed by atoms with Crippen LogP contribution in [-0.4, -0.2) is 31.3 Å². The largest absolute Gasteiger partial charge is 0.374 e. The van der Waals surface area contributed by atoms with Crippen LogP contribution in [0.15, 0.2) is 0 Å². The fraction of sp³-hybridized carbons (Fsp3) is 1.00. The molecule has 0 aromatic carbocycles. The highest BCUT2D eigenvalue weighted by atomic mass is 16.5. The molecule has 0 bridgehead atoms. The third kappa shape index (κ3) is 4.67. The molecule has 0 amide bonds. The number of nitrogens with one attached hydrogen (secondary N) is 1. The highest BCUT2D eigenvalue weighted by molar-refractivity contribution is 4.89. The standard InChI is InChI=1S/C18H36N2O/c1-17(2,3)15-8-6-14(7-9-15)16(12-19)20-13-18(4)10-5-11-21-18/h14-16,20H,5-13,19H2,1-4H3. The van der Waals surface area contributed by atoms with E-state index >= 15 is 0 Å². The summed E-state index contributed by atoms with van der Waals surface area (Å²) in [6, 6.07) is 0.465. The molecule has 3 N–H and O–H groups in total. The second kappa shape index (κ2) is 6.97. The van der Waals surface area contributed by atoms with Gasteiger partial charge in [0.05, 0.1) is 5.60 Å². The normalized spacial score (nSPS) is 35.9. The predicted molar refractivity (Wildman–Crippen MR) is 89.3 cm³/mol. The summed E-state index contributed by atoms with van der Waals surface area (Å²) in [5.74, 6) is 1.63. The fourth-order valence-corrected chi connectivity index (χ4v) is 4.15. The zero-order chi connectivity index (χ0) is 15.5. The molecule has 1 aliphatic heterocycles. The molecule has 1 heterocycles. The third-order valence-electron chi connectivity index (χ3n) is 5.86. The topological polar surface area (TPSA) is 47.3 Å². The van der Waals surface area contributed by atoms with Crippen molar-refractivity contribution in [2.45, 2.75) is 77.9 Å². The summed E-state index contributed by atoms with van der Waals surface area (Å²) in [4.78, 5) is 0. The monoisotopic (exact) mass is 296 g/mol. The Balaban J connectivity index is 1.79. The molecule has 2 aliphatic rings. The van der Waals surface area contributed by atoms with Crippen LogP contribution in [0.3, 0.4) is 0 Å². The number of rotatable bonds is 5. The van der Waals surface area contributed by atoms with Crippen LogP contribution in [0.2, 0.25) is 0 Å². The Bertz CT molecular complexity index is 310. The van der Waals surface area contributed by atoms with Crippen LogP contribution in [0.1, 0.15) is 66.2 Å². The summed E-state index contributed by atoms with van der Waals surface area (Å²) in [5, 5.41) is 3.73. The second-order valence-electron chi connectivity index (χ2n) is 8.60. The molecule has 2 fully saturated rings. The van der Waals surface area contributed by atoms with Crippen molar-refractivity contribution in [1.29, 1.82) is 0 Å². The van der Waals surface area contributed by atoms with Gasteiger partial charge in [-0.3, -0.25) is 0 Å². The van der Waals surface area contributed by atoms with Crippen molar-refractivity contribution in [1.82, 2.24) is 5.32 Å². The van der Waals surface area contributed by atoms with E-state index in [1.165, 1.54) is 38.5 Å². The van der Waals surface area contributed by atoms with Crippen molar-refractivity contribution in [3.63, 3.8) is 0 Å². The summed E-state index contributed by atoms with van der Waals surface area (Å²) >= 11 is 0. The summed E-state index contributed by atoms with van der Waals surface area (Å²) in [6.45, 7) is 12.0. The Hall–Kier alpha value is -0.120. The van der Waals surface area contributed by atoms with E-state index in [4.69, 9.17) is 10.5 Å². The van der Waals surface area contributed by atoms with Gasteiger partial charge in [-0.05, 0) is 62.7 Å². The Morgan fingerprint density at radius 2 is 1.90 bits per heavy atom. The molecular formula is C18H36N2O. The van der Waals surface area contributed by atoms with Crippen LogP contribution in [0.4, 0.5) is 0 Å². The zero-order valence-electron chi connectivity index (χ0n) is 14.6. The highest BCUT2D eigenvalue weighted by Gasteiger charge is 2.34. The van der Waals surface area contributed by atoms with Gasteiger partial charge in [-0.1, -0.05) is 20.8 Å². The Labute approximate surface area is 131 Å². The predicted octanol–water partition coefficient (Wildman–Crippen LogP) is 3.32. The van der Waals surface area contributed by atoms with Gasteiger partial charge in [-0.25, -0.2) is 0 Å². The van der Waals surface area contributed by atoms with Gasteiger partial charge < -0.3 is 15.8 Å². The number of hydrogen-bond donors (Lipinski definition) is 2. The minimum Gasteiger partial charge on any atom is -0.374 e. The van der Waals surface area contributed by atoms with E-state index in [1.54, 1.807) is 0 Å². The van der Waals surface area contributed by atoms with Gasteiger partial charge in [0, 0.05) is 25.7 Å². The highest BCUT2D eigenvalue weighted by Crippen LogP contribution is 2.40. The van der Waals surface area contributed by atoms with E-state index in [9.17, 15) is 0 Å². The maximum Gasteiger partial charge on any atom is 0.0779 e. The van der Waals surface area contributed by atoms with E-state index in [0.29, 0.717) is 11.5 Å². The first kappa shape index (κ1) is 17.2. The molecule has 0 spiro atoms. The van der Waals surface area contributed by atoms with Gasteiger partial charge in [0.1, 0.15) is 0 Å². The lowest BCUT2D eigenvalue weighted by Crippen LogP contribution is -2.49. The van der Waals surface area contributed by atoms with E-state index in [-0.39, 0.29) is 5.60 Å². The molecule has 124 valence electrons. The molecule has 0 aromatic heterocycles. The van der Waals surface area contributed by atoms with Crippen LogP contribution in [0, 0.1) is 17.3 Å². The average molecular weight is 296 g/mol. The van der Waals surface area contributed by atoms with Crippen molar-refractivity contribution < 1.29 is 4.74 Å². The minimum absolute atomic E-state index is 0.0377. The molecule has 21 heavy (non-hydrogen) atoms. The molecule has 1 saturated heterocycles. The van der Waals surface area contributed by atoms with Crippen LogP contribution >= 0.6 is 0 Å². The van der Waals surface area contributed by atoms with E-state index in [0.717, 1.165) is 31.5 Å². The molecule has 1 aliphatic carbocycles. The van der Waals surface area contributed by atoms with Crippen molar-refractivity contribution in [2.75, 3.05) is 19.7 Å². The van der Waals surface area contributed by atoms with Gasteiger partial charge in [0.15, 0.2) is 0 Å². The quantitative estimate of drug-likeness (QED) is 0.818. The SMILES string of the molecule is CC1(CNC(CN)C2CCC(C(C)(C)C)CC2)CCCO1. The second-order valence-corrected chi connectivity index (χ2v) is 8.60. The van der Waals surface area contributed by atoms with Crippen molar-refractivity contribution >= 4 is 0 Å². The lowest BCUT2D eigenvalue weighted by molar-refractivity contribution is 0.0159. The maximum atomic E-state index is 6.05. The van der Waals surface area contributed by atoms with Gasteiger partial charge in [0.25, 0.3) is 0 Å². The smallest absolute Gasteiger partial charge is 0.0779 e. The molecule has 1 saturated carbocycles. The number of hydrogen-bond acceptors (Lipinski definition) is 3. The molecule has 2 rings (SSSR count). The van der Waals surface area contributed by atoms with Gasteiger partial charge >= 0.3 is 0 Å². The summed E-state index contributed by atoms with van der Waals surface area (Å²) in [5.41, 5.74) is 6.55. The summed E-state index contributed by atoms with van der Waals surface area (Å²) in [6.07, 6.45) is 7.75. The van der Waals surface area contributed by atoms with Gasteiger partial charge in [-0.2, -0.15) is 0 Å². The molecule has 3 heteroatoms. The number of ether oxygens (including phenoxy) is 1.